The zero-order chi connectivity index (χ0) is 43.2. The molecule has 306 valence electrons. The van der Waals surface area contributed by atoms with Gasteiger partial charge in [-0.1, -0.05) is 167 Å². The van der Waals surface area contributed by atoms with Crippen LogP contribution in [-0.2, 0) is 10.8 Å². The van der Waals surface area contributed by atoms with Gasteiger partial charge < -0.3 is 10.2 Å². The molecule has 0 aliphatic heterocycles. The number of nitrogens with zero attached hydrogens (tertiary/aromatic N) is 1. The summed E-state index contributed by atoms with van der Waals surface area (Å²) in [6.07, 6.45) is 0. The molecule has 2 aliphatic carbocycles. The Kier molecular flexibility index (Phi) is 8.58. The van der Waals surface area contributed by atoms with E-state index in [0.717, 1.165) is 28.4 Å². The highest BCUT2D eigenvalue weighted by Crippen LogP contribution is 2.54. The fourth-order valence-electron chi connectivity index (χ4n) is 11.1. The molecule has 0 saturated heterocycles. The van der Waals surface area contributed by atoms with Crippen molar-refractivity contribution in [3.8, 4) is 44.5 Å². The number of hydrogen-bond acceptors (Lipinski definition) is 2. The van der Waals surface area contributed by atoms with Gasteiger partial charge in [0.15, 0.2) is 0 Å². The Labute approximate surface area is 376 Å². The number of rotatable bonds is 7. The minimum absolute atomic E-state index is 0.138. The zero-order valence-corrected chi connectivity index (χ0v) is 36.7. The van der Waals surface area contributed by atoms with Gasteiger partial charge >= 0.3 is 0 Å². The number of hydrogen-bond donors (Lipinski definition) is 1. The maximum Gasteiger partial charge on any atom is 0.0468 e. The minimum atomic E-state index is -0.141. The standard InChI is InChI=1S/C62H48N2/c1-61(2)55-26-16-14-24-47(55)49-32-28-40(36-57(49)61)59-52-35-31-46(64(44-20-10-6-11-21-44)45-22-12-7-13-23-45)39-54(52)60(51-34-30-43(38-53(51)59)63-42-18-8-5-9-19-42)41-29-33-50-48-25-15-17-27-56(48)62(3,4)58(50)37-41/h5-39,63H,1-4H3. The lowest BCUT2D eigenvalue weighted by Gasteiger charge is -2.27. The first-order valence-electron chi connectivity index (χ1n) is 22.5. The molecule has 2 nitrogen and oxygen atoms in total. The molecule has 0 fully saturated rings. The molecule has 0 saturated carbocycles. The topological polar surface area (TPSA) is 15.3 Å². The van der Waals surface area contributed by atoms with Crippen LogP contribution in [0, 0.1) is 0 Å². The van der Waals surface area contributed by atoms with Gasteiger partial charge in [-0.25, -0.2) is 0 Å². The fraction of sp³-hybridized carbons (Fsp3) is 0.0968. The SMILES string of the molecule is CC1(C)c2ccccc2-c2ccc(-c3c4ccc(N(c5ccccc5)c5ccccc5)cc4c(-c4ccc5c(c4)C(C)(C)c4ccccc4-5)c4ccc(Nc5ccccc5)cc34)cc21. The van der Waals surface area contributed by atoms with Gasteiger partial charge in [0, 0.05) is 39.3 Å². The smallest absolute Gasteiger partial charge is 0.0468 e. The van der Waals surface area contributed by atoms with Crippen LogP contribution in [0.4, 0.5) is 28.4 Å². The molecule has 1 N–H and O–H groups in total. The van der Waals surface area contributed by atoms with Crippen LogP contribution in [0.1, 0.15) is 49.9 Å². The molecule has 10 aromatic rings. The van der Waals surface area contributed by atoms with E-state index in [1.165, 1.54) is 88.3 Å². The summed E-state index contributed by atoms with van der Waals surface area (Å²) in [6, 6.07) is 78.5. The van der Waals surface area contributed by atoms with Crippen molar-refractivity contribution < 1.29 is 0 Å². The average molecular weight is 821 g/mol. The largest absolute Gasteiger partial charge is 0.356 e. The Bertz CT molecular complexity index is 3420. The van der Waals surface area contributed by atoms with Crippen LogP contribution in [0.2, 0.25) is 0 Å². The van der Waals surface area contributed by atoms with E-state index in [1.54, 1.807) is 0 Å². The van der Waals surface area contributed by atoms with Gasteiger partial charge in [-0.05, 0) is 161 Å². The zero-order valence-electron chi connectivity index (χ0n) is 36.7. The summed E-state index contributed by atoms with van der Waals surface area (Å²) < 4.78 is 0. The van der Waals surface area contributed by atoms with E-state index < -0.39 is 0 Å². The molecule has 64 heavy (non-hydrogen) atoms. The van der Waals surface area contributed by atoms with E-state index in [1.807, 2.05) is 0 Å². The lowest BCUT2D eigenvalue weighted by molar-refractivity contribution is 0.660. The summed E-state index contributed by atoms with van der Waals surface area (Å²) in [5.41, 5.74) is 20.9. The van der Waals surface area contributed by atoms with Gasteiger partial charge in [0.1, 0.15) is 0 Å². The summed E-state index contributed by atoms with van der Waals surface area (Å²) in [5.74, 6) is 0. The highest BCUT2D eigenvalue weighted by Gasteiger charge is 2.37. The van der Waals surface area contributed by atoms with Crippen LogP contribution in [0.25, 0.3) is 66.1 Å². The Balaban J connectivity index is 1.18. The lowest BCUT2D eigenvalue weighted by Crippen LogP contribution is -2.15. The van der Waals surface area contributed by atoms with Crippen LogP contribution in [0.15, 0.2) is 212 Å². The summed E-state index contributed by atoms with van der Waals surface area (Å²) >= 11 is 0. The van der Waals surface area contributed by atoms with Crippen molar-refractivity contribution in [2.24, 2.45) is 0 Å². The van der Waals surface area contributed by atoms with E-state index in [-0.39, 0.29) is 10.8 Å². The quantitative estimate of drug-likeness (QED) is 0.161. The molecule has 2 heteroatoms. The third-order valence-corrected chi connectivity index (χ3v) is 14.2. The average Bonchev–Trinajstić information content (AvgIpc) is 3.70. The van der Waals surface area contributed by atoms with Crippen LogP contribution >= 0.6 is 0 Å². The fourth-order valence-corrected chi connectivity index (χ4v) is 11.1. The maximum absolute atomic E-state index is 3.76. The first-order chi connectivity index (χ1) is 31.3. The van der Waals surface area contributed by atoms with Crippen LogP contribution in [0.3, 0.4) is 0 Å². The summed E-state index contributed by atoms with van der Waals surface area (Å²) in [6.45, 7) is 9.52. The second kappa shape index (κ2) is 14.4. The Morgan fingerprint density at radius 1 is 0.312 bits per heavy atom. The number of benzene rings is 10. The van der Waals surface area contributed by atoms with E-state index in [2.05, 4.69) is 250 Å². The van der Waals surface area contributed by atoms with Gasteiger partial charge in [0.2, 0.25) is 0 Å². The molecule has 0 unspecified atom stereocenters. The van der Waals surface area contributed by atoms with Crippen molar-refractivity contribution in [2.45, 2.75) is 38.5 Å². The predicted molar refractivity (Wildman–Crippen MR) is 272 cm³/mol. The van der Waals surface area contributed by atoms with Gasteiger partial charge in [-0.3, -0.25) is 0 Å². The van der Waals surface area contributed by atoms with Gasteiger partial charge in [-0.2, -0.15) is 0 Å². The molecule has 0 heterocycles. The van der Waals surface area contributed by atoms with Crippen LogP contribution in [-0.4, -0.2) is 0 Å². The third kappa shape index (κ3) is 5.86. The summed E-state index contributed by atoms with van der Waals surface area (Å²) in [7, 11) is 0. The van der Waals surface area contributed by atoms with Crippen molar-refractivity contribution >= 4 is 50.0 Å². The lowest BCUT2D eigenvalue weighted by atomic mass is 9.79. The minimum Gasteiger partial charge on any atom is -0.356 e. The van der Waals surface area contributed by atoms with Crippen molar-refractivity contribution in [3.05, 3.63) is 235 Å². The Morgan fingerprint density at radius 3 is 1.28 bits per heavy atom. The maximum atomic E-state index is 3.76. The number of nitrogens with one attached hydrogen (secondary N) is 1. The first kappa shape index (κ1) is 38.0. The molecular weight excluding hydrogens is 773 g/mol. The van der Waals surface area contributed by atoms with Gasteiger partial charge in [-0.15, -0.1) is 0 Å². The van der Waals surface area contributed by atoms with Gasteiger partial charge in [0.05, 0.1) is 0 Å². The molecule has 0 atom stereocenters. The molecule has 0 bridgehead atoms. The van der Waals surface area contributed by atoms with Crippen molar-refractivity contribution in [2.75, 3.05) is 10.2 Å². The molecule has 2 aliphatic rings. The Morgan fingerprint density at radius 2 is 0.750 bits per heavy atom. The van der Waals surface area contributed by atoms with Crippen LogP contribution < -0.4 is 10.2 Å². The highest BCUT2D eigenvalue weighted by atomic mass is 15.1. The molecule has 0 aromatic heterocycles. The van der Waals surface area contributed by atoms with E-state index in [9.17, 15) is 0 Å². The number of para-hydroxylation sites is 3. The number of fused-ring (bicyclic) bond motifs is 8. The number of anilines is 5. The molecule has 0 spiro atoms. The second-order valence-electron chi connectivity index (χ2n) is 18.6. The third-order valence-electron chi connectivity index (χ3n) is 14.2. The molecule has 10 aromatic carbocycles. The van der Waals surface area contributed by atoms with Crippen molar-refractivity contribution in [3.63, 3.8) is 0 Å². The van der Waals surface area contributed by atoms with E-state index in [0.29, 0.717) is 0 Å². The normalized spacial score (nSPS) is 13.9. The molecule has 12 rings (SSSR count). The highest BCUT2D eigenvalue weighted by molar-refractivity contribution is 6.23. The molecular formula is C62H48N2. The predicted octanol–water partition coefficient (Wildman–Crippen LogP) is 17.2. The van der Waals surface area contributed by atoms with Crippen LogP contribution in [0.5, 0.6) is 0 Å². The monoisotopic (exact) mass is 820 g/mol. The first-order valence-corrected chi connectivity index (χ1v) is 22.5. The second-order valence-corrected chi connectivity index (χ2v) is 18.6. The van der Waals surface area contributed by atoms with Gasteiger partial charge in [0.25, 0.3) is 0 Å². The van der Waals surface area contributed by atoms with Crippen molar-refractivity contribution in [1.29, 1.82) is 0 Å². The molecule has 0 amide bonds. The van der Waals surface area contributed by atoms with E-state index in [4.69, 9.17) is 0 Å². The summed E-state index contributed by atoms with van der Waals surface area (Å²) in [5, 5.41) is 8.64. The van der Waals surface area contributed by atoms with E-state index >= 15 is 0 Å². The molecule has 0 radical (unpaired) electrons. The Hall–Kier alpha value is -7.68. The summed E-state index contributed by atoms with van der Waals surface area (Å²) in [4.78, 5) is 2.39. The van der Waals surface area contributed by atoms with Crippen molar-refractivity contribution in [1.82, 2.24) is 0 Å².